The van der Waals surface area contributed by atoms with Crippen LogP contribution in [0.1, 0.15) is 59.1 Å². The minimum Gasteiger partial charge on any atom is -0.147 e. The molecule has 0 fully saturated rings. The summed E-state index contributed by atoms with van der Waals surface area (Å²) < 4.78 is 9.60. The van der Waals surface area contributed by atoms with Gasteiger partial charge in [-0.25, -0.2) is 0 Å². The Morgan fingerprint density at radius 3 is 2.12 bits per heavy atom. The molecule has 0 N–H and O–H groups in total. The first-order valence-corrected chi connectivity index (χ1v) is 10.2. The molecule has 0 aromatic heterocycles. The standard InChI is InChI=1S/C11H16O.C6H7.C3H6.2ClH.Ti/c1-8-5-9(11(2,3)4)7-10(12)6-8;1-6-4-2-3-5-6;1-3-2;;;/h5-7,12H,1-4H3;2,4H,3H2,1H3;1-2H3;2*1H;/q;;;;;+1/p-1. The number of allylic oxidation sites excluding steroid dienone is 4. The van der Waals surface area contributed by atoms with Crippen LogP contribution in [0.25, 0.3) is 0 Å². The molecule has 0 aliphatic heterocycles. The second kappa shape index (κ2) is 9.39. The van der Waals surface area contributed by atoms with Crippen molar-refractivity contribution >= 4 is 28.6 Å². The summed E-state index contributed by atoms with van der Waals surface area (Å²) in [6.45, 7) is 15.6. The van der Waals surface area contributed by atoms with Crippen molar-refractivity contribution in [2.45, 2.75) is 60.3 Å². The van der Waals surface area contributed by atoms with Crippen molar-refractivity contribution in [2.24, 2.45) is 0 Å². The molecular weight excluding hydrogens is 375 g/mol. The Kier molecular flexibility index (Phi) is 9.25. The first-order chi connectivity index (χ1) is 10.2. The van der Waals surface area contributed by atoms with Gasteiger partial charge in [-0.1, -0.05) is 0 Å². The Balaban J connectivity index is 0.00000264. The van der Waals surface area contributed by atoms with Crippen LogP contribution in [-0.2, 0) is 23.2 Å². The zero-order chi connectivity index (χ0) is 16.5. The van der Waals surface area contributed by atoms with E-state index in [1.807, 2.05) is 0 Å². The maximum Gasteiger partial charge on any atom is -0.147 e. The quantitative estimate of drug-likeness (QED) is 0.522. The number of hydrogen-bond donors (Lipinski definition) is 0. The fourth-order valence-electron chi connectivity index (χ4n) is 2.71. The Morgan fingerprint density at radius 1 is 1.04 bits per heavy atom. The maximum absolute atomic E-state index is 6.58. The Bertz CT molecular complexity index is 675. The van der Waals surface area contributed by atoms with Gasteiger partial charge in [0.1, 0.15) is 0 Å². The van der Waals surface area contributed by atoms with Crippen LogP contribution in [-0.4, -0.2) is 3.81 Å². The molecule has 0 spiro atoms. The van der Waals surface area contributed by atoms with Crippen molar-refractivity contribution in [1.82, 2.24) is 0 Å². The third-order valence-corrected chi connectivity index (χ3v) is 7.93. The van der Waals surface area contributed by atoms with E-state index in [9.17, 15) is 0 Å². The van der Waals surface area contributed by atoms with E-state index in [2.05, 4.69) is 78.8 Å². The van der Waals surface area contributed by atoms with Gasteiger partial charge in [-0.3, -0.25) is 0 Å². The van der Waals surface area contributed by atoms with E-state index in [-0.39, 0.29) is 30.2 Å². The molecule has 1 aliphatic carbocycles. The average Bonchev–Trinajstić information content (AvgIpc) is 2.80. The van der Waals surface area contributed by atoms with Crippen LogP contribution in [0.3, 0.4) is 0 Å². The Hall–Kier alpha value is -0.336. The van der Waals surface area contributed by atoms with Crippen LogP contribution < -0.4 is 3.32 Å². The average molecular weight is 405 g/mol. The normalized spacial score (nSPS) is 13.3. The zero-order valence-corrected chi connectivity index (χ0v) is 19.0. The predicted molar refractivity (Wildman–Crippen MR) is 108 cm³/mol. The first-order valence-electron chi connectivity index (χ1n) is 8.02. The molecule has 0 saturated heterocycles. The zero-order valence-electron chi connectivity index (χ0n) is 15.8. The van der Waals surface area contributed by atoms with Gasteiger partial charge in [0.15, 0.2) is 0 Å². The number of hydrogen-bond acceptors (Lipinski definition) is 1. The molecule has 1 nitrogen and oxygen atoms in total. The number of aryl methyl sites for hydroxylation is 1. The summed E-state index contributed by atoms with van der Waals surface area (Å²) in [5.74, 6) is 1.05. The van der Waals surface area contributed by atoms with Gasteiger partial charge in [-0.2, -0.15) is 0 Å². The molecule has 0 amide bonds. The monoisotopic (exact) mass is 404 g/mol. The molecule has 0 unspecified atom stereocenters. The largest absolute Gasteiger partial charge is 0.147 e. The van der Waals surface area contributed by atoms with Crippen molar-refractivity contribution in [3.8, 4) is 5.75 Å². The van der Waals surface area contributed by atoms with E-state index >= 15 is 0 Å². The summed E-state index contributed by atoms with van der Waals surface area (Å²) in [6, 6.07) is 6.70. The number of halogens is 2. The van der Waals surface area contributed by atoms with E-state index in [0.717, 1.165) is 12.2 Å². The Morgan fingerprint density at radius 2 is 1.67 bits per heavy atom. The van der Waals surface area contributed by atoms with E-state index in [1.165, 1.54) is 20.5 Å². The molecule has 2 rings (SSSR count). The Labute approximate surface area is 166 Å². The van der Waals surface area contributed by atoms with E-state index < -0.39 is 17.8 Å². The maximum atomic E-state index is 6.58. The molecule has 24 heavy (non-hydrogen) atoms. The van der Waals surface area contributed by atoms with Gasteiger partial charge in [0.25, 0.3) is 0 Å². The fourth-order valence-corrected chi connectivity index (χ4v) is 5.88. The summed E-state index contributed by atoms with van der Waals surface area (Å²) >= 11 is -1.82. The van der Waals surface area contributed by atoms with Crippen LogP contribution in [0.2, 0.25) is 0 Å². The number of benzene rings is 1. The topological polar surface area (TPSA) is 9.23 Å². The van der Waals surface area contributed by atoms with Crippen molar-refractivity contribution in [3.63, 3.8) is 0 Å². The second-order valence-electron chi connectivity index (χ2n) is 7.48. The molecule has 0 heterocycles. The molecular formula is C20H30Cl2OTi. The van der Waals surface area contributed by atoms with Gasteiger partial charge in [-0.15, -0.1) is 24.8 Å². The van der Waals surface area contributed by atoms with E-state index in [0.29, 0.717) is 0 Å². The second-order valence-corrected chi connectivity index (χ2v) is 11.3. The first kappa shape index (κ1) is 23.7. The van der Waals surface area contributed by atoms with Crippen molar-refractivity contribution < 1.29 is 21.1 Å². The van der Waals surface area contributed by atoms with Crippen LogP contribution in [0.4, 0.5) is 0 Å². The molecule has 0 saturated carbocycles. The van der Waals surface area contributed by atoms with Crippen LogP contribution in [0.5, 0.6) is 5.75 Å². The molecule has 1 aliphatic rings. The molecule has 0 bridgehead atoms. The van der Waals surface area contributed by atoms with Crippen LogP contribution in [0, 0.1) is 6.92 Å². The SMILES string of the molecule is CC1=[C]([Ti]([O]c2cc(C)cc(C(C)(C)C)c2)=[C](C)C)CC=C1.Cl.Cl. The minimum atomic E-state index is -1.82. The van der Waals surface area contributed by atoms with Crippen molar-refractivity contribution in [1.29, 1.82) is 0 Å². The summed E-state index contributed by atoms with van der Waals surface area (Å²) in [5, 5.41) is 0. The predicted octanol–water partition coefficient (Wildman–Crippen LogP) is 6.49. The van der Waals surface area contributed by atoms with Crippen molar-refractivity contribution in [2.75, 3.05) is 0 Å². The van der Waals surface area contributed by atoms with Gasteiger partial charge < -0.3 is 0 Å². The van der Waals surface area contributed by atoms with E-state index in [4.69, 9.17) is 3.32 Å². The molecule has 0 radical (unpaired) electrons. The third kappa shape index (κ3) is 5.88. The third-order valence-electron chi connectivity index (χ3n) is 4.03. The van der Waals surface area contributed by atoms with Gasteiger partial charge in [0.05, 0.1) is 0 Å². The van der Waals surface area contributed by atoms with Gasteiger partial charge in [0, 0.05) is 0 Å². The van der Waals surface area contributed by atoms with Crippen LogP contribution >= 0.6 is 24.8 Å². The fraction of sp³-hybridized carbons (Fsp3) is 0.450. The van der Waals surface area contributed by atoms with Crippen LogP contribution in [0.15, 0.2) is 39.8 Å². The molecule has 0 atom stereocenters. The molecule has 1 aromatic rings. The smallest absolute Gasteiger partial charge is 0.147 e. The summed E-state index contributed by atoms with van der Waals surface area (Å²) in [6.07, 6.45) is 5.58. The van der Waals surface area contributed by atoms with Gasteiger partial charge in [-0.05, 0) is 0 Å². The summed E-state index contributed by atoms with van der Waals surface area (Å²) in [7, 11) is 0. The molecule has 4 heteroatoms. The molecule has 1 aromatic carbocycles. The van der Waals surface area contributed by atoms with E-state index in [1.54, 1.807) is 3.88 Å². The molecule has 134 valence electrons. The summed E-state index contributed by atoms with van der Waals surface area (Å²) in [4.78, 5) is 0. The van der Waals surface area contributed by atoms with Gasteiger partial charge in [0.2, 0.25) is 0 Å². The minimum absolute atomic E-state index is 0. The number of rotatable bonds is 3. The van der Waals surface area contributed by atoms with Crippen molar-refractivity contribution in [3.05, 3.63) is 50.9 Å². The summed E-state index contributed by atoms with van der Waals surface area (Å²) in [5.41, 5.74) is 4.20. The van der Waals surface area contributed by atoms with Gasteiger partial charge >= 0.3 is 142 Å².